The molecular weight excluding hydrogens is 332 g/mol. The summed E-state index contributed by atoms with van der Waals surface area (Å²) in [5, 5.41) is 5.40. The van der Waals surface area contributed by atoms with Gasteiger partial charge in [-0.15, -0.1) is 0 Å². The molecule has 0 bridgehead atoms. The van der Waals surface area contributed by atoms with Crippen molar-refractivity contribution in [1.29, 1.82) is 0 Å². The van der Waals surface area contributed by atoms with E-state index in [0.29, 0.717) is 24.8 Å². The summed E-state index contributed by atoms with van der Waals surface area (Å²) in [6, 6.07) is 9.85. The van der Waals surface area contributed by atoms with Gasteiger partial charge >= 0.3 is 0 Å². The Kier molecular flexibility index (Phi) is 5.13. The van der Waals surface area contributed by atoms with Crippen LogP contribution in [-0.4, -0.2) is 53.5 Å². The quantitative estimate of drug-likeness (QED) is 0.685. The fraction of sp³-hybridized carbons (Fsp3) is 0.333. The molecule has 3 rings (SSSR count). The number of methoxy groups -OCH3 is 1. The predicted molar refractivity (Wildman–Crippen MR) is 99.9 cm³/mol. The first-order chi connectivity index (χ1) is 12.5. The number of hydrogen-bond acceptors (Lipinski definition) is 6. The van der Waals surface area contributed by atoms with Crippen molar-refractivity contribution in [2.75, 3.05) is 32.7 Å². The van der Waals surface area contributed by atoms with E-state index in [9.17, 15) is 4.79 Å². The maximum atomic E-state index is 11.3. The lowest BCUT2D eigenvalue weighted by Crippen LogP contribution is -2.15. The van der Waals surface area contributed by atoms with E-state index in [1.165, 1.54) is 0 Å². The number of carbonyl (C=O) groups excluding carboxylic acids is 1. The summed E-state index contributed by atoms with van der Waals surface area (Å²) in [6.45, 7) is 1.00. The predicted octanol–water partition coefficient (Wildman–Crippen LogP) is 1.23. The van der Waals surface area contributed by atoms with Gasteiger partial charge in [-0.3, -0.25) is 4.79 Å². The van der Waals surface area contributed by atoms with Gasteiger partial charge in [-0.25, -0.2) is 14.6 Å². The number of carbonyl (C=O) groups is 1. The summed E-state index contributed by atoms with van der Waals surface area (Å²) in [4.78, 5) is 22.5. The highest BCUT2D eigenvalue weighted by atomic mass is 16.5. The number of nitrogens with two attached hydrogens (primary N) is 1. The minimum atomic E-state index is -0.464. The van der Waals surface area contributed by atoms with Crippen LogP contribution in [0.5, 0.6) is 0 Å². The highest BCUT2D eigenvalue weighted by Crippen LogP contribution is 2.30. The number of aromatic nitrogens is 4. The molecule has 0 aliphatic rings. The van der Waals surface area contributed by atoms with Gasteiger partial charge in [0.25, 0.3) is 0 Å². The van der Waals surface area contributed by atoms with Crippen molar-refractivity contribution in [1.82, 2.24) is 19.7 Å². The second-order valence-corrected chi connectivity index (χ2v) is 6.15. The molecule has 0 fully saturated rings. The maximum Gasteiger partial charge on any atom is 0.225 e. The molecular formula is C18H22N6O2. The second-order valence-electron chi connectivity index (χ2n) is 6.15. The van der Waals surface area contributed by atoms with Crippen LogP contribution in [0.1, 0.15) is 5.82 Å². The summed E-state index contributed by atoms with van der Waals surface area (Å²) in [6.07, 6.45) is -0.00344. The first-order valence-corrected chi connectivity index (χ1v) is 8.28. The lowest BCUT2D eigenvalue weighted by Gasteiger charge is -2.15. The molecule has 0 spiro atoms. The molecule has 0 aliphatic carbocycles. The number of fused-ring (bicyclic) bond motifs is 1. The van der Waals surface area contributed by atoms with Gasteiger partial charge in [-0.1, -0.05) is 18.2 Å². The number of hydrogen-bond donors (Lipinski definition) is 1. The molecule has 0 unspecified atom stereocenters. The van der Waals surface area contributed by atoms with Crippen molar-refractivity contribution in [3.63, 3.8) is 0 Å². The summed E-state index contributed by atoms with van der Waals surface area (Å²) in [5.74, 6) is 1.42. The van der Waals surface area contributed by atoms with Gasteiger partial charge in [0.1, 0.15) is 5.82 Å². The Labute approximate surface area is 151 Å². The third-order valence-corrected chi connectivity index (χ3v) is 3.96. The lowest BCUT2D eigenvalue weighted by atomic mass is 10.1. The zero-order valence-corrected chi connectivity index (χ0v) is 15.1. The minimum Gasteiger partial charge on any atom is -0.383 e. The molecule has 1 amide bonds. The first-order valence-electron chi connectivity index (χ1n) is 8.28. The Hall–Kier alpha value is -3.00. The summed E-state index contributed by atoms with van der Waals surface area (Å²) in [5.41, 5.74) is 7.08. The average molecular weight is 354 g/mol. The SMILES string of the molecule is COCCn1nc(CC(N)=O)nc1-c1cc(N(C)C)nc2ccccc12. The third-order valence-electron chi connectivity index (χ3n) is 3.96. The van der Waals surface area contributed by atoms with E-state index in [1.807, 2.05) is 49.3 Å². The molecule has 2 aromatic heterocycles. The van der Waals surface area contributed by atoms with Gasteiger partial charge in [-0.05, 0) is 12.1 Å². The monoisotopic (exact) mass is 354 g/mol. The second kappa shape index (κ2) is 7.49. The van der Waals surface area contributed by atoms with E-state index >= 15 is 0 Å². The largest absolute Gasteiger partial charge is 0.383 e. The highest BCUT2D eigenvalue weighted by molar-refractivity contribution is 5.94. The average Bonchev–Trinajstić information content (AvgIpc) is 3.00. The van der Waals surface area contributed by atoms with E-state index < -0.39 is 5.91 Å². The molecule has 0 radical (unpaired) electrons. The Balaban J connectivity index is 2.20. The van der Waals surface area contributed by atoms with Crippen LogP contribution in [0.25, 0.3) is 22.3 Å². The number of primary amides is 1. The number of rotatable bonds is 7. The van der Waals surface area contributed by atoms with E-state index in [0.717, 1.165) is 22.3 Å². The third kappa shape index (κ3) is 3.65. The lowest BCUT2D eigenvalue weighted by molar-refractivity contribution is -0.117. The van der Waals surface area contributed by atoms with Crippen LogP contribution in [0.2, 0.25) is 0 Å². The molecule has 2 heterocycles. The molecule has 3 aromatic rings. The first kappa shape index (κ1) is 17.8. The van der Waals surface area contributed by atoms with Crippen molar-refractivity contribution in [2.24, 2.45) is 5.73 Å². The van der Waals surface area contributed by atoms with Crippen molar-refractivity contribution in [3.8, 4) is 11.4 Å². The molecule has 8 heteroatoms. The molecule has 0 saturated heterocycles. The molecule has 0 aliphatic heterocycles. The molecule has 8 nitrogen and oxygen atoms in total. The van der Waals surface area contributed by atoms with Crippen LogP contribution in [0.15, 0.2) is 30.3 Å². The van der Waals surface area contributed by atoms with Gasteiger partial charge in [0.2, 0.25) is 5.91 Å². The number of benzene rings is 1. The summed E-state index contributed by atoms with van der Waals surface area (Å²) in [7, 11) is 5.51. The standard InChI is InChI=1S/C18H22N6O2/c1-23(2)17-10-13(12-6-4-5-7-14(12)20-17)18-21-16(11-15(19)25)22-24(18)8-9-26-3/h4-7,10H,8-9,11H2,1-3H3,(H2,19,25). The Morgan fingerprint density at radius 2 is 2.04 bits per heavy atom. The molecule has 1 aromatic carbocycles. The number of nitrogens with zero attached hydrogens (tertiary/aromatic N) is 5. The smallest absolute Gasteiger partial charge is 0.225 e. The zero-order valence-electron chi connectivity index (χ0n) is 15.1. The van der Waals surface area contributed by atoms with Gasteiger partial charge in [0.05, 0.1) is 25.1 Å². The Bertz CT molecular complexity index is 935. The van der Waals surface area contributed by atoms with Crippen molar-refractivity contribution < 1.29 is 9.53 Å². The number of ether oxygens (including phenoxy) is 1. The van der Waals surface area contributed by atoms with Crippen LogP contribution in [0, 0.1) is 0 Å². The Morgan fingerprint density at radius 1 is 1.27 bits per heavy atom. The van der Waals surface area contributed by atoms with Crippen molar-refractivity contribution >= 4 is 22.6 Å². The normalized spacial score (nSPS) is 11.0. The zero-order chi connectivity index (χ0) is 18.7. The number of para-hydroxylation sites is 1. The van der Waals surface area contributed by atoms with E-state index in [2.05, 4.69) is 15.1 Å². The number of anilines is 1. The van der Waals surface area contributed by atoms with Gasteiger partial charge in [0, 0.05) is 32.2 Å². The Morgan fingerprint density at radius 3 is 2.73 bits per heavy atom. The molecule has 136 valence electrons. The van der Waals surface area contributed by atoms with Gasteiger partial charge in [0.15, 0.2) is 11.6 Å². The minimum absolute atomic E-state index is 0.00344. The topological polar surface area (TPSA) is 99.2 Å². The molecule has 2 N–H and O–H groups in total. The summed E-state index contributed by atoms with van der Waals surface area (Å²) < 4.78 is 6.93. The number of amides is 1. The van der Waals surface area contributed by atoms with E-state index in [4.69, 9.17) is 10.5 Å². The fourth-order valence-corrected chi connectivity index (χ4v) is 2.73. The van der Waals surface area contributed by atoms with Crippen molar-refractivity contribution in [2.45, 2.75) is 13.0 Å². The molecule has 0 atom stereocenters. The fourth-order valence-electron chi connectivity index (χ4n) is 2.73. The highest BCUT2D eigenvalue weighted by Gasteiger charge is 2.17. The number of pyridine rings is 1. The van der Waals surface area contributed by atoms with E-state index in [1.54, 1.807) is 11.8 Å². The van der Waals surface area contributed by atoms with Crippen LogP contribution < -0.4 is 10.6 Å². The molecule has 26 heavy (non-hydrogen) atoms. The van der Waals surface area contributed by atoms with E-state index in [-0.39, 0.29) is 6.42 Å². The van der Waals surface area contributed by atoms with Gasteiger partial charge < -0.3 is 15.4 Å². The van der Waals surface area contributed by atoms with Crippen molar-refractivity contribution in [3.05, 3.63) is 36.2 Å². The van der Waals surface area contributed by atoms with Gasteiger partial charge in [-0.2, -0.15) is 5.10 Å². The van der Waals surface area contributed by atoms with Crippen LogP contribution in [0.4, 0.5) is 5.82 Å². The summed E-state index contributed by atoms with van der Waals surface area (Å²) >= 11 is 0. The van der Waals surface area contributed by atoms with Crippen LogP contribution >= 0.6 is 0 Å². The van der Waals surface area contributed by atoms with Crippen LogP contribution in [0.3, 0.4) is 0 Å². The molecule has 0 saturated carbocycles. The maximum absolute atomic E-state index is 11.3. The van der Waals surface area contributed by atoms with Crippen LogP contribution in [-0.2, 0) is 22.5 Å².